The quantitative estimate of drug-likeness (QED) is 0.684. The molecule has 3 aliphatic rings. The molecule has 2 saturated heterocycles. The zero-order valence-electron chi connectivity index (χ0n) is 18.9. The first-order chi connectivity index (χ1) is 14.6. The average molecular weight is 414 g/mol. The lowest BCUT2D eigenvalue weighted by Crippen LogP contribution is -2.45. The predicted octanol–water partition coefficient (Wildman–Crippen LogP) is 3.63. The first kappa shape index (κ1) is 21.6. The van der Waals surface area contributed by atoms with Crippen molar-refractivity contribution in [3.8, 4) is 5.75 Å². The van der Waals surface area contributed by atoms with E-state index in [2.05, 4.69) is 53.1 Å². The molecule has 1 aromatic carbocycles. The van der Waals surface area contributed by atoms with Crippen LogP contribution in [0.5, 0.6) is 5.75 Å². The number of carbonyl (C=O) groups excluding carboxylic acids is 1. The number of rotatable bonds is 7. The highest BCUT2D eigenvalue weighted by Crippen LogP contribution is 2.30. The number of hydrogen-bond donors (Lipinski definition) is 0. The van der Waals surface area contributed by atoms with E-state index in [0.29, 0.717) is 30.4 Å². The summed E-state index contributed by atoms with van der Waals surface area (Å²) in [5.41, 5.74) is 1.32. The third-order valence-corrected chi connectivity index (χ3v) is 7.41. The second-order valence-electron chi connectivity index (χ2n) is 9.83. The summed E-state index contributed by atoms with van der Waals surface area (Å²) in [7, 11) is 4.46. The molecule has 0 radical (unpaired) electrons. The number of carbonyl (C=O) groups is 1. The third-order valence-electron chi connectivity index (χ3n) is 7.41. The van der Waals surface area contributed by atoms with Gasteiger partial charge in [0.1, 0.15) is 5.75 Å². The molecule has 0 aromatic heterocycles. The highest BCUT2D eigenvalue weighted by atomic mass is 16.5. The van der Waals surface area contributed by atoms with Crippen LogP contribution in [0.25, 0.3) is 0 Å². The normalized spacial score (nSPS) is 24.1. The Bertz CT molecular complexity index is 697. The monoisotopic (exact) mass is 413 g/mol. The van der Waals surface area contributed by atoms with Gasteiger partial charge in [0.05, 0.1) is 6.61 Å². The molecule has 3 fully saturated rings. The minimum Gasteiger partial charge on any atom is -0.493 e. The highest BCUT2D eigenvalue weighted by Gasteiger charge is 2.32. The molecule has 166 valence electrons. The molecule has 2 aliphatic heterocycles. The van der Waals surface area contributed by atoms with Crippen molar-refractivity contribution < 1.29 is 9.53 Å². The molecular weight excluding hydrogens is 374 g/mol. The summed E-state index contributed by atoms with van der Waals surface area (Å²) < 4.78 is 6.19. The smallest absolute Gasteiger partial charge is 0.225 e. The lowest BCUT2D eigenvalue weighted by atomic mass is 9.83. The topological polar surface area (TPSA) is 36.0 Å². The Balaban J connectivity index is 1.25. The zero-order valence-corrected chi connectivity index (χ0v) is 18.9. The van der Waals surface area contributed by atoms with Crippen LogP contribution in [0.1, 0.15) is 50.5 Å². The maximum absolute atomic E-state index is 12.6. The Hall–Kier alpha value is -1.59. The largest absolute Gasteiger partial charge is 0.493 e. The fraction of sp³-hybridized carbons (Fsp3) is 0.720. The summed E-state index contributed by atoms with van der Waals surface area (Å²) in [5, 5.41) is 0. The van der Waals surface area contributed by atoms with E-state index in [1.807, 2.05) is 0 Å². The molecule has 1 aliphatic carbocycles. The molecule has 0 bridgehead atoms. The van der Waals surface area contributed by atoms with Crippen molar-refractivity contribution in [2.24, 2.45) is 11.8 Å². The van der Waals surface area contributed by atoms with E-state index in [1.165, 1.54) is 37.9 Å². The van der Waals surface area contributed by atoms with E-state index in [9.17, 15) is 4.79 Å². The van der Waals surface area contributed by atoms with Gasteiger partial charge in [-0.15, -0.1) is 0 Å². The Morgan fingerprint density at radius 3 is 2.63 bits per heavy atom. The Kier molecular flexibility index (Phi) is 7.32. The standard InChI is InChI=1S/C25H39N3O2/c1-26-14-11-23(12-15-26)27(2)17-20-6-3-10-24(16-20)30-19-21-7-5-13-28(18-21)25(29)22-8-4-9-22/h3,6,10,16,21-23H,4-5,7-9,11-15,17-19H2,1-2H3/t21-/m0/s1. The maximum Gasteiger partial charge on any atom is 0.225 e. The van der Waals surface area contributed by atoms with Crippen LogP contribution in [0, 0.1) is 11.8 Å². The number of amides is 1. The molecule has 0 N–H and O–H groups in total. The highest BCUT2D eigenvalue weighted by molar-refractivity contribution is 5.79. The number of likely N-dealkylation sites (tertiary alicyclic amines) is 2. The first-order valence-electron chi connectivity index (χ1n) is 12.0. The van der Waals surface area contributed by atoms with Crippen molar-refractivity contribution in [1.82, 2.24) is 14.7 Å². The van der Waals surface area contributed by atoms with Gasteiger partial charge in [0, 0.05) is 37.5 Å². The molecular formula is C25H39N3O2. The van der Waals surface area contributed by atoms with Gasteiger partial charge in [-0.25, -0.2) is 0 Å². The van der Waals surface area contributed by atoms with Gasteiger partial charge in [-0.1, -0.05) is 18.6 Å². The fourth-order valence-corrected chi connectivity index (χ4v) is 5.12. The number of piperidine rings is 2. The van der Waals surface area contributed by atoms with Crippen LogP contribution >= 0.6 is 0 Å². The first-order valence-corrected chi connectivity index (χ1v) is 12.0. The third kappa shape index (κ3) is 5.55. The lowest BCUT2D eigenvalue weighted by Gasteiger charge is -2.37. The molecule has 2 heterocycles. The summed E-state index contributed by atoms with van der Waals surface area (Å²) in [6.07, 6.45) is 8.17. The fourth-order valence-electron chi connectivity index (χ4n) is 5.12. The molecule has 5 nitrogen and oxygen atoms in total. The van der Waals surface area contributed by atoms with Gasteiger partial charge >= 0.3 is 0 Å². The number of benzene rings is 1. The summed E-state index contributed by atoms with van der Waals surface area (Å²) in [5.74, 6) is 2.12. The molecule has 1 atom stereocenters. The summed E-state index contributed by atoms with van der Waals surface area (Å²) in [4.78, 5) is 19.6. The lowest BCUT2D eigenvalue weighted by molar-refractivity contribution is -0.140. The van der Waals surface area contributed by atoms with Crippen molar-refractivity contribution in [3.05, 3.63) is 29.8 Å². The van der Waals surface area contributed by atoms with Crippen LogP contribution in [0.3, 0.4) is 0 Å². The molecule has 5 heteroatoms. The second kappa shape index (κ2) is 10.1. The molecule has 30 heavy (non-hydrogen) atoms. The van der Waals surface area contributed by atoms with Gasteiger partial charge in [0.25, 0.3) is 0 Å². The second-order valence-corrected chi connectivity index (χ2v) is 9.83. The van der Waals surface area contributed by atoms with E-state index in [4.69, 9.17) is 4.74 Å². The molecule has 0 spiro atoms. The van der Waals surface area contributed by atoms with E-state index < -0.39 is 0 Å². The van der Waals surface area contributed by atoms with Crippen LogP contribution in [-0.2, 0) is 11.3 Å². The van der Waals surface area contributed by atoms with Crippen molar-refractivity contribution >= 4 is 5.91 Å². The minimum absolute atomic E-state index is 0.308. The van der Waals surface area contributed by atoms with Gasteiger partial charge in [0.15, 0.2) is 0 Å². The summed E-state index contributed by atoms with van der Waals surface area (Å²) in [6, 6.07) is 9.26. The van der Waals surface area contributed by atoms with Crippen molar-refractivity contribution in [2.75, 3.05) is 46.9 Å². The molecule has 1 amide bonds. The number of hydrogen-bond acceptors (Lipinski definition) is 4. The van der Waals surface area contributed by atoms with Gasteiger partial charge in [-0.3, -0.25) is 9.69 Å². The van der Waals surface area contributed by atoms with E-state index in [1.54, 1.807) is 0 Å². The van der Waals surface area contributed by atoms with Crippen molar-refractivity contribution in [3.63, 3.8) is 0 Å². The van der Waals surface area contributed by atoms with Crippen LogP contribution in [0.2, 0.25) is 0 Å². The van der Waals surface area contributed by atoms with Crippen LogP contribution < -0.4 is 4.74 Å². The van der Waals surface area contributed by atoms with Gasteiger partial charge < -0.3 is 14.5 Å². The van der Waals surface area contributed by atoms with E-state index in [0.717, 1.165) is 51.1 Å². The SMILES string of the molecule is CN1CCC(N(C)Cc2cccc(OC[C@H]3CCCN(C(=O)C4CCC4)C3)c2)CC1. The van der Waals surface area contributed by atoms with Crippen LogP contribution in [-0.4, -0.2) is 73.5 Å². The van der Waals surface area contributed by atoms with Gasteiger partial charge in [-0.2, -0.15) is 0 Å². The Labute approximate surface area is 182 Å². The molecule has 4 rings (SSSR count). The number of ether oxygens (including phenoxy) is 1. The van der Waals surface area contributed by atoms with E-state index >= 15 is 0 Å². The Morgan fingerprint density at radius 1 is 1.10 bits per heavy atom. The maximum atomic E-state index is 12.6. The van der Waals surface area contributed by atoms with E-state index in [-0.39, 0.29) is 0 Å². The average Bonchev–Trinajstić information content (AvgIpc) is 2.72. The summed E-state index contributed by atoms with van der Waals surface area (Å²) >= 11 is 0. The summed E-state index contributed by atoms with van der Waals surface area (Å²) in [6.45, 7) is 5.87. The number of nitrogens with zero attached hydrogens (tertiary/aromatic N) is 3. The van der Waals surface area contributed by atoms with Gasteiger partial charge in [-0.05, 0) is 83.4 Å². The van der Waals surface area contributed by atoms with Crippen molar-refractivity contribution in [2.45, 2.75) is 57.5 Å². The zero-order chi connectivity index (χ0) is 20.9. The minimum atomic E-state index is 0.308. The molecule has 1 saturated carbocycles. The predicted molar refractivity (Wildman–Crippen MR) is 121 cm³/mol. The molecule has 1 aromatic rings. The van der Waals surface area contributed by atoms with Crippen LogP contribution in [0.15, 0.2) is 24.3 Å². The van der Waals surface area contributed by atoms with Crippen molar-refractivity contribution in [1.29, 1.82) is 0 Å². The van der Waals surface area contributed by atoms with Crippen LogP contribution in [0.4, 0.5) is 0 Å². The Morgan fingerprint density at radius 2 is 1.90 bits per heavy atom. The molecule has 0 unspecified atom stereocenters. The van der Waals surface area contributed by atoms with Gasteiger partial charge in [0.2, 0.25) is 5.91 Å².